The number of nitrogens with zero attached hydrogens (tertiary/aromatic N) is 1. The highest BCUT2D eigenvalue weighted by atomic mass is 32.2. The maximum absolute atomic E-state index is 12.7. The summed E-state index contributed by atoms with van der Waals surface area (Å²) in [6, 6.07) is 6.76. The minimum Gasteiger partial charge on any atom is -0.350 e. The normalized spacial score (nSPS) is 17.1. The number of sulfonamides is 1. The van der Waals surface area contributed by atoms with Gasteiger partial charge in [-0.2, -0.15) is 4.31 Å². The monoisotopic (exact) mass is 350 g/mol. The topological polar surface area (TPSA) is 66.5 Å². The molecule has 1 amide bonds. The number of rotatable bonds is 5. The van der Waals surface area contributed by atoms with Crippen LogP contribution in [0.4, 0.5) is 0 Å². The quantitative estimate of drug-likeness (QED) is 0.831. The molecule has 1 N–H and O–H groups in total. The van der Waals surface area contributed by atoms with Crippen molar-refractivity contribution in [2.45, 2.75) is 50.5 Å². The van der Waals surface area contributed by atoms with Crippen LogP contribution in [0.1, 0.15) is 45.1 Å². The van der Waals surface area contributed by atoms with Gasteiger partial charge in [-0.05, 0) is 50.5 Å². The first-order valence-corrected chi connectivity index (χ1v) is 9.92. The molecule has 1 heterocycles. The van der Waals surface area contributed by atoms with Gasteiger partial charge in [-0.3, -0.25) is 4.79 Å². The van der Waals surface area contributed by atoms with E-state index in [0.29, 0.717) is 18.0 Å². The standard InChI is InChI=1S/C18H26N2O3S/c1-15(2)19-18(21)12-9-16-7-10-17(11-8-16)24(22,23)20-13-5-3-4-6-14-20/h7-12,15H,3-6,13-14H2,1-2H3,(H,19,21)/b12-9+. The Morgan fingerprint density at radius 2 is 1.67 bits per heavy atom. The second kappa shape index (κ2) is 8.44. The van der Waals surface area contributed by atoms with Crippen molar-refractivity contribution in [1.29, 1.82) is 0 Å². The van der Waals surface area contributed by atoms with Crippen molar-refractivity contribution in [1.82, 2.24) is 9.62 Å². The molecule has 0 spiro atoms. The van der Waals surface area contributed by atoms with E-state index in [4.69, 9.17) is 0 Å². The zero-order valence-corrected chi connectivity index (χ0v) is 15.2. The maximum Gasteiger partial charge on any atom is 0.244 e. The molecule has 0 saturated carbocycles. The predicted octanol–water partition coefficient (Wildman–Crippen LogP) is 2.79. The van der Waals surface area contributed by atoms with E-state index in [1.807, 2.05) is 13.8 Å². The fourth-order valence-corrected chi connectivity index (χ4v) is 4.20. The number of hydrogen-bond donors (Lipinski definition) is 1. The molecule has 1 aromatic rings. The molecule has 0 unspecified atom stereocenters. The van der Waals surface area contributed by atoms with Crippen molar-refractivity contribution < 1.29 is 13.2 Å². The van der Waals surface area contributed by atoms with E-state index in [9.17, 15) is 13.2 Å². The molecule has 6 heteroatoms. The highest BCUT2D eigenvalue weighted by Gasteiger charge is 2.24. The Labute approximate surface area is 144 Å². The summed E-state index contributed by atoms with van der Waals surface area (Å²) in [7, 11) is -3.42. The van der Waals surface area contributed by atoms with Crippen LogP contribution in [0.5, 0.6) is 0 Å². The Bertz CT molecular complexity index is 671. The Kier molecular flexibility index (Phi) is 6.57. The number of amides is 1. The number of nitrogens with one attached hydrogen (secondary N) is 1. The van der Waals surface area contributed by atoms with Crippen LogP contribution in [-0.4, -0.2) is 37.8 Å². The second-order valence-corrected chi connectivity index (χ2v) is 8.32. The summed E-state index contributed by atoms with van der Waals surface area (Å²) in [5, 5.41) is 2.77. The summed E-state index contributed by atoms with van der Waals surface area (Å²) in [5.74, 6) is -0.161. The lowest BCUT2D eigenvalue weighted by atomic mass is 10.2. The van der Waals surface area contributed by atoms with Gasteiger partial charge in [-0.1, -0.05) is 25.0 Å². The van der Waals surface area contributed by atoms with Gasteiger partial charge in [0.15, 0.2) is 0 Å². The fraction of sp³-hybridized carbons (Fsp3) is 0.500. The second-order valence-electron chi connectivity index (χ2n) is 6.38. The third-order valence-electron chi connectivity index (χ3n) is 3.94. The van der Waals surface area contributed by atoms with Gasteiger partial charge in [0.05, 0.1) is 4.90 Å². The van der Waals surface area contributed by atoms with Crippen LogP contribution in [0.2, 0.25) is 0 Å². The van der Waals surface area contributed by atoms with Crippen LogP contribution in [0, 0.1) is 0 Å². The SMILES string of the molecule is CC(C)NC(=O)/C=C/c1ccc(S(=O)(=O)N2CCCCCC2)cc1. The van der Waals surface area contributed by atoms with E-state index >= 15 is 0 Å². The van der Waals surface area contributed by atoms with Crippen LogP contribution >= 0.6 is 0 Å². The van der Waals surface area contributed by atoms with Crippen molar-refractivity contribution in [3.05, 3.63) is 35.9 Å². The van der Waals surface area contributed by atoms with Crippen LogP contribution in [0.3, 0.4) is 0 Å². The number of carbonyl (C=O) groups is 1. The lowest BCUT2D eigenvalue weighted by Gasteiger charge is -2.19. The molecule has 0 aliphatic carbocycles. The molecule has 1 aliphatic rings. The molecule has 132 valence electrons. The van der Waals surface area contributed by atoms with Gasteiger partial charge in [0.2, 0.25) is 15.9 Å². The smallest absolute Gasteiger partial charge is 0.244 e. The van der Waals surface area contributed by atoms with Crippen molar-refractivity contribution >= 4 is 22.0 Å². The van der Waals surface area contributed by atoms with Crippen molar-refractivity contribution in [3.63, 3.8) is 0 Å². The summed E-state index contributed by atoms with van der Waals surface area (Å²) in [6.45, 7) is 4.99. The predicted molar refractivity (Wildman–Crippen MR) is 96.0 cm³/mol. The van der Waals surface area contributed by atoms with Crippen molar-refractivity contribution in [2.24, 2.45) is 0 Å². The maximum atomic E-state index is 12.7. The minimum atomic E-state index is -3.42. The first-order valence-electron chi connectivity index (χ1n) is 8.48. The number of hydrogen-bond acceptors (Lipinski definition) is 3. The Morgan fingerprint density at radius 3 is 2.21 bits per heavy atom. The third-order valence-corrected chi connectivity index (χ3v) is 5.85. The number of benzene rings is 1. The lowest BCUT2D eigenvalue weighted by molar-refractivity contribution is -0.116. The minimum absolute atomic E-state index is 0.0864. The van der Waals surface area contributed by atoms with Crippen LogP contribution < -0.4 is 5.32 Å². The van der Waals surface area contributed by atoms with Gasteiger partial charge in [0.25, 0.3) is 0 Å². The summed E-state index contributed by atoms with van der Waals surface area (Å²) in [6.07, 6.45) is 7.16. The highest BCUT2D eigenvalue weighted by Crippen LogP contribution is 2.20. The summed E-state index contributed by atoms with van der Waals surface area (Å²) >= 11 is 0. The van der Waals surface area contributed by atoms with E-state index in [0.717, 1.165) is 31.2 Å². The van der Waals surface area contributed by atoms with Gasteiger partial charge < -0.3 is 5.32 Å². The Morgan fingerprint density at radius 1 is 1.08 bits per heavy atom. The molecule has 24 heavy (non-hydrogen) atoms. The Hall–Kier alpha value is -1.66. The number of carbonyl (C=O) groups excluding carboxylic acids is 1. The molecule has 0 radical (unpaired) electrons. The van der Waals surface area contributed by atoms with Crippen LogP contribution in [-0.2, 0) is 14.8 Å². The first kappa shape index (κ1) is 18.7. The zero-order valence-electron chi connectivity index (χ0n) is 14.4. The van der Waals surface area contributed by atoms with Gasteiger partial charge >= 0.3 is 0 Å². The van der Waals surface area contributed by atoms with Crippen LogP contribution in [0.15, 0.2) is 35.2 Å². The molecular weight excluding hydrogens is 324 g/mol. The Balaban J connectivity index is 2.08. The van der Waals surface area contributed by atoms with Crippen molar-refractivity contribution in [2.75, 3.05) is 13.1 Å². The van der Waals surface area contributed by atoms with Gasteiger partial charge in [0, 0.05) is 25.2 Å². The lowest BCUT2D eigenvalue weighted by Crippen LogP contribution is -2.31. The van der Waals surface area contributed by atoms with Crippen LogP contribution in [0.25, 0.3) is 6.08 Å². The fourth-order valence-electron chi connectivity index (χ4n) is 2.69. The summed E-state index contributed by atoms with van der Waals surface area (Å²) < 4.78 is 26.9. The highest BCUT2D eigenvalue weighted by molar-refractivity contribution is 7.89. The molecule has 1 fully saturated rings. The average Bonchev–Trinajstić information content (AvgIpc) is 2.82. The molecule has 0 aromatic heterocycles. The first-order chi connectivity index (χ1) is 11.4. The van der Waals surface area contributed by atoms with Gasteiger partial charge in [-0.15, -0.1) is 0 Å². The summed E-state index contributed by atoms with van der Waals surface area (Å²) in [5.41, 5.74) is 0.795. The van der Waals surface area contributed by atoms with E-state index in [-0.39, 0.29) is 11.9 Å². The molecule has 1 aromatic carbocycles. The molecule has 1 saturated heterocycles. The average molecular weight is 350 g/mol. The van der Waals surface area contributed by atoms with Crippen molar-refractivity contribution in [3.8, 4) is 0 Å². The molecule has 5 nitrogen and oxygen atoms in total. The van der Waals surface area contributed by atoms with E-state index in [1.165, 1.54) is 6.08 Å². The molecule has 0 bridgehead atoms. The van der Waals surface area contributed by atoms with E-state index < -0.39 is 10.0 Å². The zero-order chi connectivity index (χ0) is 17.6. The molecule has 0 atom stereocenters. The van der Waals surface area contributed by atoms with Gasteiger partial charge in [-0.25, -0.2) is 8.42 Å². The summed E-state index contributed by atoms with van der Waals surface area (Å²) in [4.78, 5) is 11.9. The third kappa shape index (κ3) is 5.18. The van der Waals surface area contributed by atoms with Gasteiger partial charge in [0.1, 0.15) is 0 Å². The molecule has 1 aliphatic heterocycles. The van der Waals surface area contributed by atoms with E-state index in [1.54, 1.807) is 34.6 Å². The largest absolute Gasteiger partial charge is 0.350 e. The molecular formula is C18H26N2O3S. The molecule has 2 rings (SSSR count). The van der Waals surface area contributed by atoms with E-state index in [2.05, 4.69) is 5.32 Å².